The molecule has 0 radical (unpaired) electrons. The summed E-state index contributed by atoms with van der Waals surface area (Å²) in [6.07, 6.45) is 1.66. The van der Waals surface area contributed by atoms with Gasteiger partial charge in [-0.15, -0.1) is 0 Å². The van der Waals surface area contributed by atoms with Gasteiger partial charge in [0.2, 0.25) is 0 Å². The topological polar surface area (TPSA) is 46.9 Å². The minimum absolute atomic E-state index is 0.101. The third-order valence-corrected chi connectivity index (χ3v) is 2.84. The second-order valence-electron chi connectivity index (χ2n) is 3.94. The van der Waals surface area contributed by atoms with Gasteiger partial charge >= 0.3 is 0 Å². The molecule has 0 unspecified atom stereocenters. The van der Waals surface area contributed by atoms with E-state index >= 15 is 0 Å². The summed E-state index contributed by atoms with van der Waals surface area (Å²) in [5, 5.41) is 3.19. The lowest BCUT2D eigenvalue weighted by Gasteiger charge is -2.27. The number of rotatable bonds is 2. The maximum absolute atomic E-state index is 11.8. The number of nitrogens with one attached hydrogen (secondary N) is 1. The highest BCUT2D eigenvalue weighted by Crippen LogP contribution is 2.05. The van der Waals surface area contributed by atoms with E-state index in [1.807, 2.05) is 13.8 Å². The smallest absolute Gasteiger partial charge is 0.256 e. The van der Waals surface area contributed by atoms with Gasteiger partial charge in [0.1, 0.15) is 0 Å². The molecule has 0 aromatic carbocycles. The van der Waals surface area contributed by atoms with Gasteiger partial charge in [0.25, 0.3) is 5.56 Å². The van der Waals surface area contributed by atoms with Crippen molar-refractivity contribution in [2.45, 2.75) is 20.4 Å². The molecule has 0 bridgehead atoms. The van der Waals surface area contributed by atoms with Crippen LogP contribution in [0.4, 0.5) is 0 Å². The van der Waals surface area contributed by atoms with Crippen LogP contribution < -0.4 is 10.9 Å². The summed E-state index contributed by atoms with van der Waals surface area (Å²) in [5.74, 6) is 0.594. The van der Waals surface area contributed by atoms with Crippen LogP contribution in [0.2, 0.25) is 0 Å². The van der Waals surface area contributed by atoms with Crippen molar-refractivity contribution in [2.24, 2.45) is 5.92 Å². The first-order valence-electron chi connectivity index (χ1n) is 4.92. The lowest BCUT2D eigenvalue weighted by atomic mass is 10.0. The molecular formula is C10H15N3O. The number of aryl methyl sites for hydroxylation is 1. The number of hydrogen-bond donors (Lipinski definition) is 1. The molecule has 1 fully saturated rings. The molecule has 76 valence electrons. The van der Waals surface area contributed by atoms with Crippen molar-refractivity contribution in [2.75, 3.05) is 13.1 Å². The highest BCUT2D eigenvalue weighted by Gasteiger charge is 2.18. The molecule has 4 nitrogen and oxygen atoms in total. The summed E-state index contributed by atoms with van der Waals surface area (Å²) in [6.45, 7) is 6.52. The predicted molar refractivity (Wildman–Crippen MR) is 54.3 cm³/mol. The Balaban J connectivity index is 2.25. The fraction of sp³-hybridized carbons (Fsp3) is 0.600. The van der Waals surface area contributed by atoms with Gasteiger partial charge in [-0.05, 0) is 13.8 Å². The van der Waals surface area contributed by atoms with Gasteiger partial charge in [-0.2, -0.15) is 0 Å². The van der Waals surface area contributed by atoms with Gasteiger partial charge in [0.05, 0.1) is 6.33 Å². The van der Waals surface area contributed by atoms with Crippen molar-refractivity contribution in [3.05, 3.63) is 27.9 Å². The van der Waals surface area contributed by atoms with E-state index in [1.165, 1.54) is 0 Å². The molecule has 1 aromatic heterocycles. The van der Waals surface area contributed by atoms with E-state index in [1.54, 1.807) is 10.9 Å². The van der Waals surface area contributed by atoms with Crippen molar-refractivity contribution in [3.63, 3.8) is 0 Å². The van der Waals surface area contributed by atoms with Crippen molar-refractivity contribution < 1.29 is 0 Å². The molecule has 1 N–H and O–H groups in total. The zero-order valence-corrected chi connectivity index (χ0v) is 8.58. The van der Waals surface area contributed by atoms with Crippen LogP contribution in [0, 0.1) is 19.8 Å². The zero-order valence-electron chi connectivity index (χ0n) is 8.58. The fourth-order valence-electron chi connectivity index (χ4n) is 1.56. The summed E-state index contributed by atoms with van der Waals surface area (Å²) < 4.78 is 1.72. The Labute approximate surface area is 83.0 Å². The molecule has 0 spiro atoms. The molecule has 14 heavy (non-hydrogen) atoms. The van der Waals surface area contributed by atoms with E-state index in [2.05, 4.69) is 10.3 Å². The first kappa shape index (κ1) is 9.40. The molecule has 2 heterocycles. The molecule has 1 aliphatic heterocycles. The van der Waals surface area contributed by atoms with Gasteiger partial charge in [-0.1, -0.05) is 0 Å². The average Bonchev–Trinajstić information content (AvgIpc) is 2.10. The van der Waals surface area contributed by atoms with E-state index < -0.39 is 0 Å². The average molecular weight is 193 g/mol. The summed E-state index contributed by atoms with van der Waals surface area (Å²) in [5.41, 5.74) is 1.70. The summed E-state index contributed by atoms with van der Waals surface area (Å²) in [6, 6.07) is 0. The van der Waals surface area contributed by atoms with Gasteiger partial charge in [-0.25, -0.2) is 4.98 Å². The Kier molecular flexibility index (Phi) is 2.37. The first-order chi connectivity index (χ1) is 6.68. The SMILES string of the molecule is Cc1ncn(CC2CNC2)c(=O)c1C. The Morgan fingerprint density at radius 2 is 2.29 bits per heavy atom. The molecule has 2 rings (SSSR count). The van der Waals surface area contributed by atoms with Gasteiger partial charge < -0.3 is 5.32 Å². The highest BCUT2D eigenvalue weighted by molar-refractivity contribution is 5.12. The third kappa shape index (κ3) is 1.57. The van der Waals surface area contributed by atoms with Crippen molar-refractivity contribution in [1.82, 2.24) is 14.9 Å². The van der Waals surface area contributed by atoms with Crippen LogP contribution in [0.3, 0.4) is 0 Å². The van der Waals surface area contributed by atoms with Crippen LogP contribution in [0.25, 0.3) is 0 Å². The minimum Gasteiger partial charge on any atom is -0.316 e. The monoisotopic (exact) mass is 193 g/mol. The van der Waals surface area contributed by atoms with Crippen LogP contribution in [0.15, 0.2) is 11.1 Å². The highest BCUT2D eigenvalue weighted by atomic mass is 16.1. The Morgan fingerprint density at radius 3 is 2.86 bits per heavy atom. The van der Waals surface area contributed by atoms with Crippen molar-refractivity contribution in [1.29, 1.82) is 0 Å². The standard InChI is InChI=1S/C10H15N3O/c1-7-8(2)12-6-13(10(7)14)5-9-3-11-4-9/h6,9,11H,3-5H2,1-2H3. The molecular weight excluding hydrogens is 178 g/mol. The van der Waals surface area contributed by atoms with Gasteiger partial charge in [0.15, 0.2) is 0 Å². The Hall–Kier alpha value is -1.16. The maximum atomic E-state index is 11.8. The van der Waals surface area contributed by atoms with Gasteiger partial charge in [0, 0.05) is 36.8 Å². The molecule has 0 aliphatic carbocycles. The van der Waals surface area contributed by atoms with E-state index in [0.717, 1.165) is 30.9 Å². The summed E-state index contributed by atoms with van der Waals surface area (Å²) in [7, 11) is 0. The van der Waals surface area contributed by atoms with E-state index in [-0.39, 0.29) is 5.56 Å². The van der Waals surface area contributed by atoms with E-state index in [4.69, 9.17) is 0 Å². The Morgan fingerprint density at radius 1 is 1.57 bits per heavy atom. The maximum Gasteiger partial charge on any atom is 0.256 e. The number of aromatic nitrogens is 2. The van der Waals surface area contributed by atoms with Crippen LogP contribution in [0.5, 0.6) is 0 Å². The van der Waals surface area contributed by atoms with Crippen LogP contribution >= 0.6 is 0 Å². The lowest BCUT2D eigenvalue weighted by molar-refractivity contribution is 0.302. The third-order valence-electron chi connectivity index (χ3n) is 2.84. The fourth-order valence-corrected chi connectivity index (χ4v) is 1.56. The second kappa shape index (κ2) is 3.53. The minimum atomic E-state index is 0.101. The normalized spacial score (nSPS) is 16.7. The molecule has 1 aliphatic rings. The molecule has 0 atom stereocenters. The van der Waals surface area contributed by atoms with Crippen molar-refractivity contribution in [3.8, 4) is 0 Å². The quantitative estimate of drug-likeness (QED) is 0.723. The van der Waals surface area contributed by atoms with E-state index in [9.17, 15) is 4.79 Å². The van der Waals surface area contributed by atoms with Crippen LogP contribution in [-0.2, 0) is 6.54 Å². The summed E-state index contributed by atoms with van der Waals surface area (Å²) in [4.78, 5) is 16.0. The van der Waals surface area contributed by atoms with Gasteiger partial charge in [-0.3, -0.25) is 9.36 Å². The molecule has 0 amide bonds. The second-order valence-corrected chi connectivity index (χ2v) is 3.94. The lowest BCUT2D eigenvalue weighted by Crippen LogP contribution is -2.45. The Bertz CT molecular complexity index is 393. The zero-order chi connectivity index (χ0) is 10.1. The first-order valence-corrected chi connectivity index (χ1v) is 4.92. The van der Waals surface area contributed by atoms with Crippen LogP contribution in [-0.4, -0.2) is 22.6 Å². The molecule has 1 saturated heterocycles. The van der Waals surface area contributed by atoms with Crippen molar-refractivity contribution >= 4 is 0 Å². The summed E-state index contributed by atoms with van der Waals surface area (Å²) >= 11 is 0. The molecule has 1 aromatic rings. The molecule has 4 heteroatoms. The van der Waals surface area contributed by atoms with Crippen LogP contribution in [0.1, 0.15) is 11.3 Å². The number of hydrogen-bond acceptors (Lipinski definition) is 3. The molecule has 0 saturated carbocycles. The number of nitrogens with zero attached hydrogens (tertiary/aromatic N) is 2. The largest absolute Gasteiger partial charge is 0.316 e. The van der Waals surface area contributed by atoms with E-state index in [0.29, 0.717) is 5.92 Å². The predicted octanol–water partition coefficient (Wildman–Crippen LogP) is 0.0795.